The van der Waals surface area contributed by atoms with Crippen LogP contribution < -0.4 is 0 Å². The quantitative estimate of drug-likeness (QED) is 0.585. The Morgan fingerprint density at radius 1 is 1.25 bits per heavy atom. The van der Waals surface area contributed by atoms with Gasteiger partial charge in [-0.05, 0) is 49.0 Å². The molecule has 0 unspecified atom stereocenters. The van der Waals surface area contributed by atoms with Gasteiger partial charge in [0.15, 0.2) is 0 Å². The molecule has 1 aromatic carbocycles. The fraction of sp³-hybridized carbons (Fsp3) is 0.471. The molecule has 0 saturated heterocycles. The Balaban J connectivity index is 2.27. The van der Waals surface area contributed by atoms with Crippen molar-refractivity contribution in [3.05, 3.63) is 40.9 Å². The van der Waals surface area contributed by atoms with E-state index >= 15 is 0 Å². The lowest BCUT2D eigenvalue weighted by Crippen LogP contribution is -2.11. The highest BCUT2D eigenvalue weighted by atomic mass is 35.5. The zero-order chi connectivity index (χ0) is 14.4. The molecule has 2 rings (SSSR count). The molecule has 0 bridgehead atoms. The number of halogens is 1. The second kappa shape index (κ2) is 7.49. The Morgan fingerprint density at radius 3 is 2.50 bits per heavy atom. The van der Waals surface area contributed by atoms with Crippen molar-refractivity contribution in [3.8, 4) is 0 Å². The molecular formula is C17H21ClO2. The van der Waals surface area contributed by atoms with Crippen LogP contribution in [0, 0.1) is 5.92 Å². The normalized spacial score (nSPS) is 17.0. The predicted molar refractivity (Wildman–Crippen MR) is 82.6 cm³/mol. The number of esters is 1. The summed E-state index contributed by atoms with van der Waals surface area (Å²) in [6.07, 6.45) is 7.73. The molecule has 1 saturated carbocycles. The van der Waals surface area contributed by atoms with E-state index in [1.165, 1.54) is 19.3 Å². The summed E-state index contributed by atoms with van der Waals surface area (Å²) in [4.78, 5) is 11.8. The Labute approximate surface area is 125 Å². The van der Waals surface area contributed by atoms with Gasteiger partial charge in [-0.15, -0.1) is 0 Å². The topological polar surface area (TPSA) is 26.3 Å². The number of hydrogen-bond donors (Lipinski definition) is 0. The molecule has 108 valence electrons. The summed E-state index contributed by atoms with van der Waals surface area (Å²) in [6, 6.07) is 7.72. The molecule has 0 atom stereocenters. The van der Waals surface area contributed by atoms with Gasteiger partial charge in [-0.3, -0.25) is 0 Å². The first-order valence-corrected chi connectivity index (χ1v) is 7.72. The van der Waals surface area contributed by atoms with Crippen LogP contribution in [0.5, 0.6) is 0 Å². The Bertz CT molecular complexity index is 470. The second-order valence-electron chi connectivity index (χ2n) is 5.19. The second-order valence-corrected chi connectivity index (χ2v) is 5.63. The van der Waals surface area contributed by atoms with Gasteiger partial charge in [0.05, 0.1) is 6.61 Å². The van der Waals surface area contributed by atoms with Crippen molar-refractivity contribution in [1.29, 1.82) is 0 Å². The third kappa shape index (κ3) is 4.11. The summed E-state index contributed by atoms with van der Waals surface area (Å²) in [5, 5.41) is 0.716. The van der Waals surface area contributed by atoms with Crippen molar-refractivity contribution in [2.45, 2.75) is 39.0 Å². The first kappa shape index (κ1) is 15.1. The number of allylic oxidation sites excluding steroid dienone is 1. The van der Waals surface area contributed by atoms with Crippen LogP contribution in [0.25, 0.3) is 5.57 Å². The Hall–Kier alpha value is -1.28. The highest BCUT2D eigenvalue weighted by Gasteiger charge is 2.20. The van der Waals surface area contributed by atoms with Gasteiger partial charge >= 0.3 is 5.97 Å². The van der Waals surface area contributed by atoms with E-state index in [1.54, 1.807) is 6.08 Å². The molecule has 1 aliphatic carbocycles. The summed E-state index contributed by atoms with van der Waals surface area (Å²) in [5.41, 5.74) is 2.18. The number of rotatable bonds is 4. The molecule has 20 heavy (non-hydrogen) atoms. The van der Waals surface area contributed by atoms with Gasteiger partial charge in [0, 0.05) is 11.1 Å². The molecule has 1 aliphatic rings. The maximum atomic E-state index is 11.8. The van der Waals surface area contributed by atoms with Gasteiger partial charge in [-0.2, -0.15) is 0 Å². The van der Waals surface area contributed by atoms with E-state index in [1.807, 2.05) is 31.2 Å². The number of hydrogen-bond acceptors (Lipinski definition) is 2. The van der Waals surface area contributed by atoms with Crippen LogP contribution in [0.15, 0.2) is 30.3 Å². The van der Waals surface area contributed by atoms with Gasteiger partial charge in [-0.25, -0.2) is 4.79 Å². The van der Waals surface area contributed by atoms with Crippen molar-refractivity contribution in [1.82, 2.24) is 0 Å². The number of benzene rings is 1. The van der Waals surface area contributed by atoms with E-state index in [4.69, 9.17) is 16.3 Å². The summed E-state index contributed by atoms with van der Waals surface area (Å²) in [6.45, 7) is 2.24. The molecule has 0 radical (unpaired) electrons. The van der Waals surface area contributed by atoms with E-state index in [-0.39, 0.29) is 5.97 Å². The lowest BCUT2D eigenvalue weighted by Gasteiger charge is -2.24. The molecule has 3 heteroatoms. The van der Waals surface area contributed by atoms with Gasteiger partial charge in [0.1, 0.15) is 0 Å². The summed E-state index contributed by atoms with van der Waals surface area (Å²) in [5.74, 6) is 0.206. The fourth-order valence-corrected chi connectivity index (χ4v) is 2.93. The Morgan fingerprint density at radius 2 is 1.90 bits per heavy atom. The first-order valence-electron chi connectivity index (χ1n) is 7.35. The molecule has 0 N–H and O–H groups in total. The van der Waals surface area contributed by atoms with Crippen molar-refractivity contribution in [2.24, 2.45) is 5.92 Å². The van der Waals surface area contributed by atoms with Gasteiger partial charge in [0.2, 0.25) is 0 Å². The van der Waals surface area contributed by atoms with Crippen LogP contribution >= 0.6 is 11.6 Å². The standard InChI is InChI=1S/C17H21ClO2/c1-2-20-17(19)12-16(13-6-4-3-5-7-13)14-8-10-15(18)11-9-14/h8-13H,2-7H2,1H3. The molecule has 2 nitrogen and oxygen atoms in total. The maximum absolute atomic E-state index is 11.8. The van der Waals surface area contributed by atoms with E-state index in [0.717, 1.165) is 24.0 Å². The molecule has 0 amide bonds. The predicted octanol–water partition coefficient (Wildman–Crippen LogP) is 4.87. The SMILES string of the molecule is CCOC(=O)C=C(c1ccc(Cl)cc1)C1CCCCC1. The lowest BCUT2D eigenvalue weighted by atomic mass is 9.81. The molecule has 1 aromatic rings. The molecule has 0 spiro atoms. The zero-order valence-electron chi connectivity index (χ0n) is 11.9. The minimum atomic E-state index is -0.247. The van der Waals surface area contributed by atoms with Gasteiger partial charge < -0.3 is 4.74 Å². The van der Waals surface area contributed by atoms with Crippen molar-refractivity contribution < 1.29 is 9.53 Å². The monoisotopic (exact) mass is 292 g/mol. The minimum Gasteiger partial charge on any atom is -0.463 e. The zero-order valence-corrected chi connectivity index (χ0v) is 12.7. The van der Waals surface area contributed by atoms with Gasteiger partial charge in [-0.1, -0.05) is 43.0 Å². The van der Waals surface area contributed by atoms with Crippen molar-refractivity contribution in [2.75, 3.05) is 6.61 Å². The number of carbonyl (C=O) groups is 1. The van der Waals surface area contributed by atoms with Gasteiger partial charge in [0.25, 0.3) is 0 Å². The van der Waals surface area contributed by atoms with Crippen LogP contribution in [0.4, 0.5) is 0 Å². The van der Waals surface area contributed by atoms with E-state index in [2.05, 4.69) is 0 Å². The van der Waals surface area contributed by atoms with Crippen molar-refractivity contribution >= 4 is 23.1 Å². The first-order chi connectivity index (χ1) is 9.70. The minimum absolute atomic E-state index is 0.247. The largest absolute Gasteiger partial charge is 0.463 e. The average molecular weight is 293 g/mol. The summed E-state index contributed by atoms with van der Waals surface area (Å²) < 4.78 is 5.07. The smallest absolute Gasteiger partial charge is 0.331 e. The van der Waals surface area contributed by atoms with Crippen LogP contribution in [0.3, 0.4) is 0 Å². The highest BCUT2D eigenvalue weighted by Crippen LogP contribution is 2.35. The number of carbonyl (C=O) groups excluding carboxylic acids is 1. The van der Waals surface area contributed by atoms with Crippen LogP contribution in [0.1, 0.15) is 44.6 Å². The molecular weight excluding hydrogens is 272 g/mol. The molecule has 0 heterocycles. The third-order valence-corrected chi connectivity index (χ3v) is 4.03. The molecule has 0 aromatic heterocycles. The van der Waals surface area contributed by atoms with E-state index in [9.17, 15) is 4.79 Å². The third-order valence-electron chi connectivity index (χ3n) is 3.78. The van der Waals surface area contributed by atoms with Crippen LogP contribution in [-0.2, 0) is 9.53 Å². The highest BCUT2D eigenvalue weighted by molar-refractivity contribution is 6.30. The maximum Gasteiger partial charge on any atom is 0.331 e. The van der Waals surface area contributed by atoms with E-state index in [0.29, 0.717) is 17.5 Å². The molecule has 1 fully saturated rings. The fourth-order valence-electron chi connectivity index (χ4n) is 2.80. The molecule has 0 aliphatic heterocycles. The number of ether oxygens (including phenoxy) is 1. The van der Waals surface area contributed by atoms with Crippen molar-refractivity contribution in [3.63, 3.8) is 0 Å². The summed E-state index contributed by atoms with van der Waals surface area (Å²) >= 11 is 5.95. The van der Waals surface area contributed by atoms with E-state index < -0.39 is 0 Å². The average Bonchev–Trinajstić information content (AvgIpc) is 2.47. The summed E-state index contributed by atoms with van der Waals surface area (Å²) in [7, 11) is 0. The Kier molecular flexibility index (Phi) is 5.66. The van der Waals surface area contributed by atoms with Crippen LogP contribution in [0.2, 0.25) is 5.02 Å². The van der Waals surface area contributed by atoms with Crippen LogP contribution in [-0.4, -0.2) is 12.6 Å². The lowest BCUT2D eigenvalue weighted by molar-refractivity contribution is -0.137.